The van der Waals surface area contributed by atoms with Gasteiger partial charge in [-0.05, 0) is 36.2 Å². The van der Waals surface area contributed by atoms with Crippen molar-refractivity contribution < 1.29 is 5.11 Å². The molecule has 0 aliphatic heterocycles. The van der Waals surface area contributed by atoms with E-state index >= 15 is 0 Å². The van der Waals surface area contributed by atoms with Crippen molar-refractivity contribution in [3.05, 3.63) is 21.0 Å². The molecule has 96 valence electrons. The Hall–Kier alpha value is -0.880. The molecule has 2 N–H and O–H groups in total. The number of rotatable bonds is 5. The number of nitrogens with zero attached hydrogens (tertiary/aromatic N) is 2. The number of aliphatic hydroxyl groups is 1. The third-order valence-corrected chi connectivity index (χ3v) is 3.27. The Balaban J connectivity index is 3.04. The first kappa shape index (κ1) is 14.2. The average Bonchev–Trinajstić information content (AvgIpc) is 2.30. The van der Waals surface area contributed by atoms with Gasteiger partial charge < -0.3 is 10.4 Å². The fourth-order valence-corrected chi connectivity index (χ4v) is 1.81. The SMILES string of the molecule is CCC(CO)Nc1cnn(C(C)C)c(=O)c1Br. The summed E-state index contributed by atoms with van der Waals surface area (Å²) in [6.45, 7) is 5.79. The van der Waals surface area contributed by atoms with Gasteiger partial charge in [0.05, 0.1) is 24.5 Å². The van der Waals surface area contributed by atoms with Crippen LogP contribution >= 0.6 is 15.9 Å². The smallest absolute Gasteiger partial charge is 0.283 e. The predicted octanol–water partition coefficient (Wildman–Crippen LogP) is 1.77. The van der Waals surface area contributed by atoms with E-state index in [0.29, 0.717) is 10.2 Å². The van der Waals surface area contributed by atoms with Crippen LogP contribution < -0.4 is 10.9 Å². The molecule has 1 atom stereocenters. The number of anilines is 1. The number of aromatic nitrogens is 2. The van der Waals surface area contributed by atoms with Crippen LogP contribution in [-0.2, 0) is 0 Å². The van der Waals surface area contributed by atoms with E-state index < -0.39 is 0 Å². The van der Waals surface area contributed by atoms with Gasteiger partial charge in [0.25, 0.3) is 5.56 Å². The molecule has 0 aliphatic rings. The second-order valence-corrected chi connectivity index (χ2v) is 4.94. The molecule has 1 aromatic rings. The van der Waals surface area contributed by atoms with Crippen LogP contribution in [0.25, 0.3) is 0 Å². The maximum absolute atomic E-state index is 11.9. The second kappa shape index (κ2) is 6.16. The number of hydrogen-bond donors (Lipinski definition) is 2. The summed E-state index contributed by atoms with van der Waals surface area (Å²) >= 11 is 3.27. The Morgan fingerprint density at radius 3 is 2.71 bits per heavy atom. The van der Waals surface area contributed by atoms with Gasteiger partial charge in [0.2, 0.25) is 0 Å². The third kappa shape index (κ3) is 3.29. The van der Waals surface area contributed by atoms with Gasteiger partial charge in [-0.15, -0.1) is 0 Å². The number of halogens is 1. The van der Waals surface area contributed by atoms with Gasteiger partial charge in [-0.25, -0.2) is 4.68 Å². The zero-order chi connectivity index (χ0) is 13.0. The summed E-state index contributed by atoms with van der Waals surface area (Å²) in [5, 5.41) is 16.3. The van der Waals surface area contributed by atoms with E-state index in [-0.39, 0.29) is 24.2 Å². The van der Waals surface area contributed by atoms with Crippen molar-refractivity contribution in [1.82, 2.24) is 9.78 Å². The average molecular weight is 304 g/mol. The monoisotopic (exact) mass is 303 g/mol. The lowest BCUT2D eigenvalue weighted by atomic mass is 10.2. The van der Waals surface area contributed by atoms with E-state index in [4.69, 9.17) is 5.11 Å². The molecule has 0 amide bonds. The van der Waals surface area contributed by atoms with Gasteiger partial charge in [-0.3, -0.25) is 4.79 Å². The molecular formula is C11H18BrN3O2. The maximum Gasteiger partial charge on any atom is 0.283 e. The first-order chi connectivity index (χ1) is 8.01. The highest BCUT2D eigenvalue weighted by atomic mass is 79.9. The molecule has 0 saturated carbocycles. The zero-order valence-electron chi connectivity index (χ0n) is 10.3. The van der Waals surface area contributed by atoms with Crippen LogP contribution in [0.2, 0.25) is 0 Å². The maximum atomic E-state index is 11.9. The molecule has 0 spiro atoms. The van der Waals surface area contributed by atoms with E-state index in [2.05, 4.69) is 26.3 Å². The van der Waals surface area contributed by atoms with Crippen molar-refractivity contribution in [2.75, 3.05) is 11.9 Å². The molecular weight excluding hydrogens is 286 g/mol. The largest absolute Gasteiger partial charge is 0.394 e. The van der Waals surface area contributed by atoms with E-state index in [1.807, 2.05) is 20.8 Å². The topological polar surface area (TPSA) is 67.2 Å². The summed E-state index contributed by atoms with van der Waals surface area (Å²) in [6, 6.07) is -0.0462. The van der Waals surface area contributed by atoms with Gasteiger partial charge in [0.1, 0.15) is 4.47 Å². The highest BCUT2D eigenvalue weighted by Crippen LogP contribution is 2.18. The molecule has 0 radical (unpaired) electrons. The van der Waals surface area contributed by atoms with Crippen molar-refractivity contribution >= 4 is 21.6 Å². The van der Waals surface area contributed by atoms with Crippen LogP contribution in [0.4, 0.5) is 5.69 Å². The zero-order valence-corrected chi connectivity index (χ0v) is 11.9. The number of nitrogens with one attached hydrogen (secondary N) is 1. The molecule has 5 nitrogen and oxygen atoms in total. The molecule has 0 aliphatic carbocycles. The molecule has 6 heteroatoms. The van der Waals surface area contributed by atoms with E-state index in [1.54, 1.807) is 6.20 Å². The molecule has 1 unspecified atom stereocenters. The number of aliphatic hydroxyl groups excluding tert-OH is 1. The van der Waals surface area contributed by atoms with Crippen molar-refractivity contribution in [2.24, 2.45) is 0 Å². The predicted molar refractivity (Wildman–Crippen MR) is 71.4 cm³/mol. The summed E-state index contributed by atoms with van der Waals surface area (Å²) in [4.78, 5) is 11.9. The van der Waals surface area contributed by atoms with Crippen molar-refractivity contribution in [1.29, 1.82) is 0 Å². The summed E-state index contributed by atoms with van der Waals surface area (Å²) in [6.07, 6.45) is 2.38. The Kier molecular flexibility index (Phi) is 5.14. The minimum atomic E-state index is -0.169. The fraction of sp³-hybridized carbons (Fsp3) is 0.636. The fourth-order valence-electron chi connectivity index (χ4n) is 1.41. The van der Waals surface area contributed by atoms with E-state index in [1.165, 1.54) is 4.68 Å². The van der Waals surface area contributed by atoms with Gasteiger partial charge >= 0.3 is 0 Å². The van der Waals surface area contributed by atoms with Crippen LogP contribution in [0.5, 0.6) is 0 Å². The first-order valence-corrected chi connectivity index (χ1v) is 6.45. The van der Waals surface area contributed by atoms with Gasteiger partial charge in [0, 0.05) is 6.04 Å². The first-order valence-electron chi connectivity index (χ1n) is 5.65. The molecule has 0 fully saturated rings. The van der Waals surface area contributed by atoms with Crippen LogP contribution in [0.15, 0.2) is 15.5 Å². The van der Waals surface area contributed by atoms with Gasteiger partial charge in [-0.1, -0.05) is 6.92 Å². The quantitative estimate of drug-likeness (QED) is 0.870. The lowest BCUT2D eigenvalue weighted by Gasteiger charge is -2.17. The second-order valence-electron chi connectivity index (χ2n) is 4.15. The van der Waals surface area contributed by atoms with E-state index in [9.17, 15) is 4.79 Å². The van der Waals surface area contributed by atoms with E-state index in [0.717, 1.165) is 6.42 Å². The Labute approximate surface area is 109 Å². The van der Waals surface area contributed by atoms with Crippen molar-refractivity contribution in [3.63, 3.8) is 0 Å². The molecule has 0 bridgehead atoms. The van der Waals surface area contributed by atoms with Crippen LogP contribution in [0.3, 0.4) is 0 Å². The summed E-state index contributed by atoms with van der Waals surface area (Å²) in [7, 11) is 0. The van der Waals surface area contributed by atoms with Crippen molar-refractivity contribution in [3.8, 4) is 0 Å². The number of hydrogen-bond acceptors (Lipinski definition) is 4. The molecule has 1 aromatic heterocycles. The summed E-state index contributed by atoms with van der Waals surface area (Å²) in [5.74, 6) is 0. The normalized spacial score (nSPS) is 12.8. The molecule has 17 heavy (non-hydrogen) atoms. The summed E-state index contributed by atoms with van der Waals surface area (Å²) < 4.78 is 1.86. The Morgan fingerprint density at radius 2 is 2.24 bits per heavy atom. The lowest BCUT2D eigenvalue weighted by molar-refractivity contribution is 0.271. The molecule has 0 aromatic carbocycles. The minimum absolute atomic E-state index is 0.0210. The van der Waals surface area contributed by atoms with Gasteiger partial charge in [-0.2, -0.15) is 5.10 Å². The standard InChI is InChI=1S/C11H18BrN3O2/c1-4-8(6-16)14-9-5-13-15(7(2)3)11(17)10(9)12/h5,7-8,14,16H,4,6H2,1-3H3. The van der Waals surface area contributed by atoms with Crippen LogP contribution in [0, 0.1) is 0 Å². The summed E-state index contributed by atoms with van der Waals surface area (Å²) in [5.41, 5.74) is 0.450. The minimum Gasteiger partial charge on any atom is -0.394 e. The molecule has 0 saturated heterocycles. The van der Waals surface area contributed by atoms with Gasteiger partial charge in [0.15, 0.2) is 0 Å². The third-order valence-electron chi connectivity index (χ3n) is 2.51. The molecule has 1 heterocycles. The van der Waals surface area contributed by atoms with Crippen molar-refractivity contribution in [2.45, 2.75) is 39.3 Å². The van der Waals surface area contributed by atoms with Crippen LogP contribution in [0.1, 0.15) is 33.2 Å². The molecule has 1 rings (SSSR count). The van der Waals surface area contributed by atoms with Crippen LogP contribution in [-0.4, -0.2) is 27.5 Å². The highest BCUT2D eigenvalue weighted by Gasteiger charge is 2.13. The highest BCUT2D eigenvalue weighted by molar-refractivity contribution is 9.10. The lowest BCUT2D eigenvalue weighted by Crippen LogP contribution is -2.29. The Bertz CT molecular complexity index is 427. The Morgan fingerprint density at radius 1 is 1.59 bits per heavy atom.